The van der Waals surface area contributed by atoms with Crippen molar-refractivity contribution in [3.8, 4) is 0 Å². The van der Waals surface area contributed by atoms with Gasteiger partial charge in [0.25, 0.3) is 0 Å². The number of benzene rings is 1. The molecule has 0 amide bonds. The predicted molar refractivity (Wildman–Crippen MR) is 64.9 cm³/mol. The molecule has 1 heterocycles. The zero-order valence-corrected chi connectivity index (χ0v) is 9.80. The van der Waals surface area contributed by atoms with Crippen molar-refractivity contribution in [3.05, 3.63) is 28.8 Å². The highest BCUT2D eigenvalue weighted by molar-refractivity contribution is 6.33. The number of likely N-dealkylation sites (tertiary alicyclic amines) is 1. The van der Waals surface area contributed by atoms with Crippen LogP contribution in [0.2, 0.25) is 5.02 Å². The molecule has 1 fully saturated rings. The number of rotatable bonds is 2. The molecule has 1 aliphatic rings. The van der Waals surface area contributed by atoms with E-state index in [2.05, 4.69) is 17.9 Å². The van der Waals surface area contributed by atoms with Gasteiger partial charge in [0.1, 0.15) is 0 Å². The van der Waals surface area contributed by atoms with Crippen molar-refractivity contribution in [1.29, 1.82) is 0 Å². The lowest BCUT2D eigenvalue weighted by Gasteiger charge is -2.15. The van der Waals surface area contributed by atoms with Crippen LogP contribution in [0, 0.1) is 5.92 Å². The molecule has 1 aliphatic heterocycles. The quantitative estimate of drug-likeness (QED) is 0.783. The summed E-state index contributed by atoms with van der Waals surface area (Å²) in [6.07, 6.45) is 1.31. The zero-order chi connectivity index (χ0) is 10.8. The van der Waals surface area contributed by atoms with Gasteiger partial charge in [-0.05, 0) is 36.6 Å². The first-order valence-corrected chi connectivity index (χ1v) is 5.79. The molecule has 3 heteroatoms. The third kappa shape index (κ3) is 2.64. The molecule has 0 bridgehead atoms. The molecule has 2 rings (SSSR count). The van der Waals surface area contributed by atoms with Gasteiger partial charge >= 0.3 is 0 Å². The fraction of sp³-hybridized carbons (Fsp3) is 0.500. The van der Waals surface area contributed by atoms with Gasteiger partial charge in [0, 0.05) is 13.1 Å². The standard InChI is InChI=1S/C12H17ClN2/c1-9-4-5-15(7-9)8-10-2-3-11(13)12(14)6-10/h2-3,6,9H,4-5,7-8,14H2,1H3. The van der Waals surface area contributed by atoms with Crippen LogP contribution in [0.4, 0.5) is 5.69 Å². The first-order chi connectivity index (χ1) is 7.15. The zero-order valence-electron chi connectivity index (χ0n) is 9.04. The monoisotopic (exact) mass is 224 g/mol. The number of nitrogens with zero attached hydrogens (tertiary/aromatic N) is 1. The molecule has 15 heavy (non-hydrogen) atoms. The fourth-order valence-electron chi connectivity index (χ4n) is 2.12. The van der Waals surface area contributed by atoms with Gasteiger partial charge in [-0.25, -0.2) is 0 Å². The minimum Gasteiger partial charge on any atom is -0.398 e. The molecule has 1 saturated heterocycles. The molecule has 2 N–H and O–H groups in total. The summed E-state index contributed by atoms with van der Waals surface area (Å²) in [5, 5.41) is 0.647. The smallest absolute Gasteiger partial charge is 0.0635 e. The number of hydrogen-bond donors (Lipinski definition) is 1. The van der Waals surface area contributed by atoms with Crippen LogP contribution in [0.5, 0.6) is 0 Å². The van der Waals surface area contributed by atoms with Crippen molar-refractivity contribution in [3.63, 3.8) is 0 Å². The van der Waals surface area contributed by atoms with E-state index in [9.17, 15) is 0 Å². The second kappa shape index (κ2) is 4.42. The molecule has 0 aromatic heterocycles. The van der Waals surface area contributed by atoms with Gasteiger partial charge < -0.3 is 5.73 Å². The highest BCUT2D eigenvalue weighted by Gasteiger charge is 2.18. The largest absolute Gasteiger partial charge is 0.398 e. The Bertz CT molecular complexity index is 351. The molecule has 1 atom stereocenters. The second-order valence-electron chi connectivity index (χ2n) is 4.48. The minimum atomic E-state index is 0.647. The van der Waals surface area contributed by atoms with E-state index in [4.69, 9.17) is 17.3 Å². The summed E-state index contributed by atoms with van der Waals surface area (Å²) in [7, 11) is 0. The van der Waals surface area contributed by atoms with Crippen LogP contribution in [0.25, 0.3) is 0 Å². The van der Waals surface area contributed by atoms with Crippen LogP contribution in [0.15, 0.2) is 18.2 Å². The van der Waals surface area contributed by atoms with E-state index in [1.807, 2.05) is 12.1 Å². The Balaban J connectivity index is 2.02. The molecule has 0 radical (unpaired) electrons. The van der Waals surface area contributed by atoms with Crippen molar-refractivity contribution in [2.24, 2.45) is 5.92 Å². The van der Waals surface area contributed by atoms with Gasteiger partial charge in [-0.2, -0.15) is 0 Å². The van der Waals surface area contributed by atoms with Crippen LogP contribution < -0.4 is 5.73 Å². The summed E-state index contributed by atoms with van der Waals surface area (Å²) in [4.78, 5) is 2.47. The molecule has 1 unspecified atom stereocenters. The van der Waals surface area contributed by atoms with E-state index in [0.29, 0.717) is 10.7 Å². The Morgan fingerprint density at radius 2 is 2.33 bits per heavy atom. The summed E-state index contributed by atoms with van der Waals surface area (Å²) >= 11 is 5.88. The van der Waals surface area contributed by atoms with Gasteiger partial charge in [-0.15, -0.1) is 0 Å². The molecule has 0 spiro atoms. The summed E-state index contributed by atoms with van der Waals surface area (Å²) in [6.45, 7) is 5.69. The Hall–Kier alpha value is -0.730. The van der Waals surface area contributed by atoms with Gasteiger partial charge in [-0.1, -0.05) is 24.6 Å². The molecule has 2 nitrogen and oxygen atoms in total. The highest BCUT2D eigenvalue weighted by Crippen LogP contribution is 2.22. The number of anilines is 1. The van der Waals surface area contributed by atoms with Crippen LogP contribution >= 0.6 is 11.6 Å². The maximum absolute atomic E-state index is 5.88. The Labute approximate surface area is 96.0 Å². The van der Waals surface area contributed by atoms with Gasteiger partial charge in [0.2, 0.25) is 0 Å². The number of nitrogen functional groups attached to an aromatic ring is 1. The Morgan fingerprint density at radius 1 is 1.53 bits per heavy atom. The van der Waals surface area contributed by atoms with E-state index >= 15 is 0 Å². The predicted octanol–water partition coefficient (Wildman–Crippen LogP) is 2.76. The maximum atomic E-state index is 5.88. The van der Waals surface area contributed by atoms with Crippen molar-refractivity contribution in [2.75, 3.05) is 18.8 Å². The summed E-state index contributed by atoms with van der Waals surface area (Å²) in [5.74, 6) is 0.828. The third-order valence-corrected chi connectivity index (χ3v) is 3.32. The van der Waals surface area contributed by atoms with E-state index in [-0.39, 0.29) is 0 Å². The molecule has 0 aliphatic carbocycles. The number of nitrogens with two attached hydrogens (primary N) is 1. The van der Waals surface area contributed by atoms with E-state index in [1.165, 1.54) is 25.1 Å². The molecular formula is C12H17ClN2. The minimum absolute atomic E-state index is 0.647. The van der Waals surface area contributed by atoms with Crippen LogP contribution in [0.1, 0.15) is 18.9 Å². The van der Waals surface area contributed by atoms with Gasteiger partial charge in [0.05, 0.1) is 10.7 Å². The normalized spacial score (nSPS) is 22.1. The van der Waals surface area contributed by atoms with Gasteiger partial charge in [-0.3, -0.25) is 4.90 Å². The van der Waals surface area contributed by atoms with E-state index in [1.54, 1.807) is 0 Å². The fourth-order valence-corrected chi connectivity index (χ4v) is 2.24. The lowest BCUT2D eigenvalue weighted by molar-refractivity contribution is 0.320. The topological polar surface area (TPSA) is 29.3 Å². The van der Waals surface area contributed by atoms with Crippen LogP contribution in [-0.2, 0) is 6.54 Å². The molecule has 1 aromatic rings. The van der Waals surface area contributed by atoms with E-state index < -0.39 is 0 Å². The Morgan fingerprint density at radius 3 is 2.93 bits per heavy atom. The molecule has 1 aromatic carbocycles. The van der Waals surface area contributed by atoms with Crippen molar-refractivity contribution in [1.82, 2.24) is 4.90 Å². The van der Waals surface area contributed by atoms with Crippen LogP contribution in [0.3, 0.4) is 0 Å². The number of hydrogen-bond acceptors (Lipinski definition) is 2. The average Bonchev–Trinajstić information content (AvgIpc) is 2.58. The van der Waals surface area contributed by atoms with Crippen molar-refractivity contribution in [2.45, 2.75) is 19.9 Å². The third-order valence-electron chi connectivity index (χ3n) is 2.97. The average molecular weight is 225 g/mol. The highest BCUT2D eigenvalue weighted by atomic mass is 35.5. The molecule has 82 valence electrons. The lowest BCUT2D eigenvalue weighted by Crippen LogP contribution is -2.19. The molecular weight excluding hydrogens is 208 g/mol. The first kappa shape index (κ1) is 10.8. The van der Waals surface area contributed by atoms with Crippen molar-refractivity contribution < 1.29 is 0 Å². The van der Waals surface area contributed by atoms with E-state index in [0.717, 1.165) is 12.5 Å². The van der Waals surface area contributed by atoms with Crippen LogP contribution in [-0.4, -0.2) is 18.0 Å². The first-order valence-electron chi connectivity index (χ1n) is 5.41. The summed E-state index contributed by atoms with van der Waals surface area (Å²) in [5.41, 5.74) is 7.71. The van der Waals surface area contributed by atoms with Crippen molar-refractivity contribution >= 4 is 17.3 Å². The molecule has 0 saturated carbocycles. The summed E-state index contributed by atoms with van der Waals surface area (Å²) < 4.78 is 0. The second-order valence-corrected chi connectivity index (χ2v) is 4.89. The lowest BCUT2D eigenvalue weighted by atomic mass is 10.2. The van der Waals surface area contributed by atoms with Gasteiger partial charge in [0.15, 0.2) is 0 Å². The Kier molecular flexibility index (Phi) is 3.17. The SMILES string of the molecule is CC1CCN(Cc2ccc(Cl)c(N)c2)C1. The maximum Gasteiger partial charge on any atom is 0.0635 e. The summed E-state index contributed by atoms with van der Waals surface area (Å²) in [6, 6.07) is 5.92. The number of halogens is 1.